The summed E-state index contributed by atoms with van der Waals surface area (Å²) < 4.78 is 1.78. The van der Waals surface area contributed by atoms with E-state index in [1.54, 1.807) is 4.68 Å². The molecule has 1 aliphatic rings. The van der Waals surface area contributed by atoms with Crippen LogP contribution in [0.1, 0.15) is 48.8 Å². The second kappa shape index (κ2) is 4.63. The van der Waals surface area contributed by atoms with Crippen LogP contribution in [0.15, 0.2) is 0 Å². The fraction of sp³-hybridized carbons (Fsp3) is 0.727. The van der Waals surface area contributed by atoms with Crippen LogP contribution in [0.2, 0.25) is 0 Å². The van der Waals surface area contributed by atoms with Gasteiger partial charge in [0.2, 0.25) is 0 Å². The van der Waals surface area contributed by atoms with Gasteiger partial charge in [-0.2, -0.15) is 0 Å². The van der Waals surface area contributed by atoms with Gasteiger partial charge in [-0.25, -0.2) is 9.48 Å². The molecule has 1 aromatic heterocycles. The van der Waals surface area contributed by atoms with Crippen LogP contribution >= 0.6 is 0 Å². The normalized spacial score (nSPS) is 16.8. The lowest BCUT2D eigenvalue weighted by Crippen LogP contribution is -2.13. The quantitative estimate of drug-likeness (QED) is 0.844. The molecular formula is C11H17N3O2. The van der Waals surface area contributed by atoms with Crippen molar-refractivity contribution in [1.29, 1.82) is 0 Å². The Labute approximate surface area is 94.5 Å². The van der Waals surface area contributed by atoms with Gasteiger partial charge in [0, 0.05) is 6.54 Å². The topological polar surface area (TPSA) is 68.0 Å². The molecule has 0 aromatic carbocycles. The predicted molar refractivity (Wildman–Crippen MR) is 58.3 cm³/mol. The van der Waals surface area contributed by atoms with Gasteiger partial charge < -0.3 is 5.11 Å². The Kier molecular flexibility index (Phi) is 3.22. The number of rotatable bonds is 4. The molecule has 2 rings (SSSR count). The molecule has 1 heterocycles. The van der Waals surface area contributed by atoms with Crippen molar-refractivity contribution in [2.24, 2.45) is 5.92 Å². The van der Waals surface area contributed by atoms with Crippen molar-refractivity contribution >= 4 is 5.97 Å². The average molecular weight is 223 g/mol. The van der Waals surface area contributed by atoms with Crippen molar-refractivity contribution in [3.63, 3.8) is 0 Å². The summed E-state index contributed by atoms with van der Waals surface area (Å²) >= 11 is 0. The van der Waals surface area contributed by atoms with Crippen LogP contribution < -0.4 is 0 Å². The molecule has 1 fully saturated rings. The predicted octanol–water partition coefficient (Wildman–Crippen LogP) is 1.73. The van der Waals surface area contributed by atoms with Crippen molar-refractivity contribution in [1.82, 2.24) is 15.0 Å². The molecule has 5 heteroatoms. The molecule has 5 nitrogen and oxygen atoms in total. The molecule has 16 heavy (non-hydrogen) atoms. The highest BCUT2D eigenvalue weighted by Crippen LogP contribution is 2.26. The fourth-order valence-corrected chi connectivity index (χ4v) is 2.43. The van der Waals surface area contributed by atoms with E-state index in [1.807, 2.05) is 6.92 Å². The molecule has 0 radical (unpaired) electrons. The third-order valence-electron chi connectivity index (χ3n) is 3.28. The standard InChI is InChI=1S/C11H17N3O2/c1-2-9-10(11(15)16)12-13-14(9)7-8-5-3-4-6-8/h8H,2-7H2,1H3,(H,15,16). The van der Waals surface area contributed by atoms with E-state index in [-0.39, 0.29) is 5.69 Å². The van der Waals surface area contributed by atoms with Crippen molar-refractivity contribution in [2.75, 3.05) is 0 Å². The first-order chi connectivity index (χ1) is 7.72. The smallest absolute Gasteiger partial charge is 0.358 e. The molecule has 0 unspecified atom stereocenters. The van der Waals surface area contributed by atoms with E-state index in [2.05, 4.69) is 10.3 Å². The highest BCUT2D eigenvalue weighted by Gasteiger charge is 2.21. The van der Waals surface area contributed by atoms with Crippen LogP contribution in [0.3, 0.4) is 0 Å². The van der Waals surface area contributed by atoms with Crippen molar-refractivity contribution in [3.05, 3.63) is 11.4 Å². The highest BCUT2D eigenvalue weighted by atomic mass is 16.4. The number of carbonyl (C=O) groups is 1. The first-order valence-corrected chi connectivity index (χ1v) is 5.88. The van der Waals surface area contributed by atoms with Crippen LogP contribution in [0.25, 0.3) is 0 Å². The molecule has 1 aliphatic carbocycles. The summed E-state index contributed by atoms with van der Waals surface area (Å²) in [5, 5.41) is 16.7. The zero-order valence-electron chi connectivity index (χ0n) is 9.52. The number of aromatic nitrogens is 3. The second-order valence-electron chi connectivity index (χ2n) is 4.38. The van der Waals surface area contributed by atoms with Crippen molar-refractivity contribution in [2.45, 2.75) is 45.6 Å². The second-order valence-corrected chi connectivity index (χ2v) is 4.38. The van der Waals surface area contributed by atoms with Crippen LogP contribution in [-0.4, -0.2) is 26.1 Å². The molecule has 0 atom stereocenters. The number of hydrogen-bond acceptors (Lipinski definition) is 3. The maximum atomic E-state index is 10.9. The van der Waals surface area contributed by atoms with E-state index in [4.69, 9.17) is 5.11 Å². The van der Waals surface area contributed by atoms with Crippen LogP contribution in [-0.2, 0) is 13.0 Å². The fourth-order valence-electron chi connectivity index (χ4n) is 2.43. The van der Waals surface area contributed by atoms with Gasteiger partial charge in [0.1, 0.15) is 0 Å². The molecule has 0 amide bonds. The Morgan fingerprint density at radius 1 is 1.50 bits per heavy atom. The Morgan fingerprint density at radius 2 is 2.19 bits per heavy atom. The summed E-state index contributed by atoms with van der Waals surface area (Å²) in [6.45, 7) is 2.76. The molecule has 1 saturated carbocycles. The minimum Gasteiger partial charge on any atom is -0.476 e. The monoisotopic (exact) mass is 223 g/mol. The highest BCUT2D eigenvalue weighted by molar-refractivity contribution is 5.86. The third kappa shape index (κ3) is 2.08. The molecular weight excluding hydrogens is 206 g/mol. The first kappa shape index (κ1) is 11.1. The summed E-state index contributed by atoms with van der Waals surface area (Å²) in [5.74, 6) is -0.330. The lowest BCUT2D eigenvalue weighted by atomic mass is 10.1. The Morgan fingerprint density at radius 3 is 2.75 bits per heavy atom. The van der Waals surface area contributed by atoms with Crippen LogP contribution in [0, 0.1) is 5.92 Å². The van der Waals surface area contributed by atoms with Gasteiger partial charge in [-0.05, 0) is 25.2 Å². The maximum absolute atomic E-state index is 10.9. The van der Waals surface area contributed by atoms with E-state index in [0.717, 1.165) is 12.2 Å². The van der Waals surface area contributed by atoms with Gasteiger partial charge in [-0.1, -0.05) is 25.0 Å². The number of nitrogens with zero attached hydrogens (tertiary/aromatic N) is 3. The summed E-state index contributed by atoms with van der Waals surface area (Å²) in [5.41, 5.74) is 0.861. The Bertz CT molecular complexity index is 381. The van der Waals surface area contributed by atoms with E-state index in [1.165, 1.54) is 25.7 Å². The number of hydrogen-bond donors (Lipinski definition) is 1. The van der Waals surface area contributed by atoms with Gasteiger partial charge >= 0.3 is 5.97 Å². The SMILES string of the molecule is CCc1c(C(=O)O)nnn1CC1CCCC1. The van der Waals surface area contributed by atoms with E-state index < -0.39 is 5.97 Å². The van der Waals surface area contributed by atoms with Gasteiger partial charge in [0.15, 0.2) is 5.69 Å². The van der Waals surface area contributed by atoms with Crippen molar-refractivity contribution < 1.29 is 9.90 Å². The summed E-state index contributed by atoms with van der Waals surface area (Å²) in [7, 11) is 0. The lowest BCUT2D eigenvalue weighted by molar-refractivity contribution is 0.0689. The third-order valence-corrected chi connectivity index (χ3v) is 3.28. The summed E-state index contributed by atoms with van der Waals surface area (Å²) in [6, 6.07) is 0. The van der Waals surface area contributed by atoms with Gasteiger partial charge in [0.25, 0.3) is 0 Å². The summed E-state index contributed by atoms with van der Waals surface area (Å²) in [4.78, 5) is 10.9. The van der Waals surface area contributed by atoms with E-state index in [0.29, 0.717) is 12.3 Å². The van der Waals surface area contributed by atoms with E-state index in [9.17, 15) is 4.79 Å². The number of carboxylic acid groups (broad SMARTS) is 1. The molecule has 0 bridgehead atoms. The first-order valence-electron chi connectivity index (χ1n) is 5.88. The van der Waals surface area contributed by atoms with Gasteiger partial charge in [-0.15, -0.1) is 5.10 Å². The average Bonchev–Trinajstić information content (AvgIpc) is 2.87. The minimum atomic E-state index is -0.977. The van der Waals surface area contributed by atoms with Gasteiger partial charge in [-0.3, -0.25) is 0 Å². The molecule has 88 valence electrons. The van der Waals surface area contributed by atoms with Crippen molar-refractivity contribution in [3.8, 4) is 0 Å². The van der Waals surface area contributed by atoms with E-state index >= 15 is 0 Å². The Balaban J connectivity index is 2.16. The maximum Gasteiger partial charge on any atom is 0.358 e. The van der Waals surface area contributed by atoms with Crippen LogP contribution in [0.4, 0.5) is 0 Å². The van der Waals surface area contributed by atoms with Crippen LogP contribution in [0.5, 0.6) is 0 Å². The molecule has 0 spiro atoms. The molecule has 0 aliphatic heterocycles. The summed E-state index contributed by atoms with van der Waals surface area (Å²) in [6.07, 6.45) is 5.69. The minimum absolute atomic E-state index is 0.112. The number of aromatic carboxylic acids is 1. The zero-order valence-corrected chi connectivity index (χ0v) is 9.52. The Hall–Kier alpha value is -1.39. The number of carboxylic acids is 1. The molecule has 1 aromatic rings. The largest absolute Gasteiger partial charge is 0.476 e. The molecule has 0 saturated heterocycles. The lowest BCUT2D eigenvalue weighted by Gasteiger charge is -2.10. The van der Waals surface area contributed by atoms with Gasteiger partial charge in [0.05, 0.1) is 5.69 Å². The molecule has 1 N–H and O–H groups in total. The zero-order chi connectivity index (χ0) is 11.5.